The normalized spacial score (nSPS) is 9.55. The van der Waals surface area contributed by atoms with E-state index in [0.29, 0.717) is 12.8 Å². The summed E-state index contributed by atoms with van der Waals surface area (Å²) in [5, 5.41) is 0. The van der Waals surface area contributed by atoms with Crippen LogP contribution in [0.25, 0.3) is 0 Å². The van der Waals surface area contributed by atoms with Crippen molar-refractivity contribution in [2.75, 3.05) is 0 Å². The minimum Gasteiger partial charge on any atom is -0.291 e. The average molecular weight is 151 g/mol. The maximum atomic E-state index is 12.3. The molecule has 1 radical (unpaired) electrons. The Bertz CT molecular complexity index is 228. The van der Waals surface area contributed by atoms with E-state index in [1.807, 2.05) is 0 Å². The number of benzene rings is 1. The van der Waals surface area contributed by atoms with E-state index in [4.69, 9.17) is 0 Å². The van der Waals surface area contributed by atoms with Crippen LogP contribution in [0.5, 0.6) is 0 Å². The van der Waals surface area contributed by atoms with E-state index in [-0.39, 0.29) is 5.82 Å². The third kappa shape index (κ3) is 2.50. The maximum Gasteiger partial charge on any atom is 0.198 e. The molecule has 0 aromatic heterocycles. The van der Waals surface area contributed by atoms with Gasteiger partial charge in [0.2, 0.25) is 0 Å². The van der Waals surface area contributed by atoms with Gasteiger partial charge in [-0.15, -0.1) is 0 Å². The van der Waals surface area contributed by atoms with Gasteiger partial charge in [0.1, 0.15) is 5.82 Å². The van der Waals surface area contributed by atoms with Crippen LogP contribution in [0.15, 0.2) is 24.3 Å². The predicted octanol–water partition coefficient (Wildman–Crippen LogP) is 1.87. The van der Waals surface area contributed by atoms with E-state index in [2.05, 4.69) is 0 Å². The fraction of sp³-hybridized carbons (Fsp3) is 0.222. The van der Waals surface area contributed by atoms with Crippen LogP contribution < -0.4 is 0 Å². The molecule has 57 valence electrons. The molecule has 1 nitrogen and oxygen atoms in total. The van der Waals surface area contributed by atoms with E-state index in [0.717, 1.165) is 5.56 Å². The molecule has 0 bridgehead atoms. The zero-order valence-electron chi connectivity index (χ0n) is 6.01. The molecule has 0 N–H and O–H groups in total. The van der Waals surface area contributed by atoms with Crippen molar-refractivity contribution < 1.29 is 9.18 Å². The van der Waals surface area contributed by atoms with Crippen molar-refractivity contribution in [3.63, 3.8) is 0 Å². The van der Waals surface area contributed by atoms with Gasteiger partial charge in [-0.2, -0.15) is 0 Å². The van der Waals surface area contributed by atoms with Gasteiger partial charge in [0.25, 0.3) is 0 Å². The van der Waals surface area contributed by atoms with Crippen molar-refractivity contribution in [3.8, 4) is 0 Å². The quantitative estimate of drug-likeness (QED) is 0.644. The van der Waals surface area contributed by atoms with Crippen LogP contribution in [0.4, 0.5) is 4.39 Å². The zero-order valence-corrected chi connectivity index (χ0v) is 6.01. The smallest absolute Gasteiger partial charge is 0.198 e. The molecule has 1 aromatic carbocycles. The third-order valence-electron chi connectivity index (χ3n) is 1.43. The predicted molar refractivity (Wildman–Crippen MR) is 40.4 cm³/mol. The van der Waals surface area contributed by atoms with E-state index < -0.39 is 0 Å². The Labute approximate surface area is 64.9 Å². The molecule has 0 aliphatic heterocycles. The van der Waals surface area contributed by atoms with Crippen LogP contribution >= 0.6 is 0 Å². The Morgan fingerprint density at radius 3 is 2.45 bits per heavy atom. The lowest BCUT2D eigenvalue weighted by Crippen LogP contribution is -1.85. The molecule has 0 heterocycles. The summed E-state index contributed by atoms with van der Waals surface area (Å²) in [6.07, 6.45) is 2.81. The van der Waals surface area contributed by atoms with Crippen LogP contribution in [0.3, 0.4) is 0 Å². The van der Waals surface area contributed by atoms with E-state index in [1.54, 1.807) is 18.4 Å². The lowest BCUT2D eigenvalue weighted by atomic mass is 10.1. The molecule has 0 aliphatic carbocycles. The minimum atomic E-state index is -0.246. The van der Waals surface area contributed by atoms with E-state index in [9.17, 15) is 9.18 Å². The van der Waals surface area contributed by atoms with Gasteiger partial charge in [0, 0.05) is 6.42 Å². The SMILES string of the molecule is O=[C]CCc1ccc(F)cc1. The molecule has 2 heteroatoms. The molecule has 0 saturated carbocycles. The standard InChI is InChI=1S/C9H8FO/c10-9-5-3-8(4-6-9)2-1-7-11/h3-6H,1-2H2. The van der Waals surface area contributed by atoms with Gasteiger partial charge in [0.15, 0.2) is 6.29 Å². The summed E-state index contributed by atoms with van der Waals surface area (Å²) in [6.45, 7) is 0. The number of carbonyl (C=O) groups excluding carboxylic acids is 1. The first-order valence-electron chi connectivity index (χ1n) is 3.42. The largest absolute Gasteiger partial charge is 0.291 e. The Hall–Kier alpha value is -1.18. The van der Waals surface area contributed by atoms with Crippen molar-refractivity contribution in [2.45, 2.75) is 12.8 Å². The molecule has 0 atom stereocenters. The van der Waals surface area contributed by atoms with Crippen LogP contribution in [-0.4, -0.2) is 6.29 Å². The average Bonchev–Trinajstić information content (AvgIpc) is 2.04. The summed E-state index contributed by atoms with van der Waals surface area (Å²) in [6, 6.07) is 6.12. The first kappa shape index (κ1) is 7.92. The summed E-state index contributed by atoms with van der Waals surface area (Å²) >= 11 is 0. The first-order valence-corrected chi connectivity index (χ1v) is 3.42. The second-order valence-electron chi connectivity index (χ2n) is 2.27. The second kappa shape index (κ2) is 3.86. The number of rotatable bonds is 3. The lowest BCUT2D eigenvalue weighted by molar-refractivity contribution is 0.551. The Morgan fingerprint density at radius 2 is 1.91 bits per heavy atom. The highest BCUT2D eigenvalue weighted by Gasteiger charge is 1.92. The summed E-state index contributed by atoms with van der Waals surface area (Å²) in [7, 11) is 0. The zero-order chi connectivity index (χ0) is 8.10. The minimum absolute atomic E-state index is 0.246. The fourth-order valence-corrected chi connectivity index (χ4v) is 0.846. The number of hydrogen-bond acceptors (Lipinski definition) is 1. The third-order valence-corrected chi connectivity index (χ3v) is 1.43. The molecule has 1 aromatic rings. The summed E-state index contributed by atoms with van der Waals surface area (Å²) < 4.78 is 12.3. The summed E-state index contributed by atoms with van der Waals surface area (Å²) in [5.74, 6) is -0.246. The van der Waals surface area contributed by atoms with Crippen molar-refractivity contribution >= 4 is 6.29 Å². The highest BCUT2D eigenvalue weighted by atomic mass is 19.1. The molecule has 0 unspecified atom stereocenters. The molecule has 0 saturated heterocycles. The highest BCUT2D eigenvalue weighted by Crippen LogP contribution is 2.03. The Morgan fingerprint density at radius 1 is 1.27 bits per heavy atom. The molecular weight excluding hydrogens is 143 g/mol. The number of aryl methyl sites for hydroxylation is 1. The van der Waals surface area contributed by atoms with Gasteiger partial charge in [0.05, 0.1) is 0 Å². The topological polar surface area (TPSA) is 17.1 Å². The van der Waals surface area contributed by atoms with Crippen LogP contribution in [0.1, 0.15) is 12.0 Å². The number of halogens is 1. The van der Waals surface area contributed by atoms with Gasteiger partial charge in [-0.05, 0) is 24.1 Å². The molecule has 0 aliphatic rings. The van der Waals surface area contributed by atoms with Crippen molar-refractivity contribution in [2.24, 2.45) is 0 Å². The maximum absolute atomic E-state index is 12.3. The van der Waals surface area contributed by atoms with Gasteiger partial charge in [-0.1, -0.05) is 12.1 Å². The summed E-state index contributed by atoms with van der Waals surface area (Å²) in [5.41, 5.74) is 0.967. The van der Waals surface area contributed by atoms with E-state index >= 15 is 0 Å². The van der Waals surface area contributed by atoms with Gasteiger partial charge in [-0.3, -0.25) is 4.79 Å². The van der Waals surface area contributed by atoms with Crippen molar-refractivity contribution in [1.29, 1.82) is 0 Å². The molecular formula is C9H8FO. The monoisotopic (exact) mass is 151 g/mol. The van der Waals surface area contributed by atoms with Crippen LogP contribution in [0.2, 0.25) is 0 Å². The highest BCUT2D eigenvalue weighted by molar-refractivity contribution is 5.51. The van der Waals surface area contributed by atoms with Gasteiger partial charge < -0.3 is 0 Å². The molecule has 0 amide bonds. The molecule has 1 rings (SSSR count). The lowest BCUT2D eigenvalue weighted by Gasteiger charge is -1.94. The summed E-state index contributed by atoms with van der Waals surface area (Å²) in [4.78, 5) is 9.85. The van der Waals surface area contributed by atoms with E-state index in [1.165, 1.54) is 12.1 Å². The fourth-order valence-electron chi connectivity index (χ4n) is 0.846. The van der Waals surface area contributed by atoms with Crippen LogP contribution in [0, 0.1) is 5.82 Å². The molecule has 0 spiro atoms. The Kier molecular flexibility index (Phi) is 2.78. The van der Waals surface area contributed by atoms with Crippen molar-refractivity contribution in [1.82, 2.24) is 0 Å². The van der Waals surface area contributed by atoms with Crippen molar-refractivity contribution in [3.05, 3.63) is 35.6 Å². The molecule has 11 heavy (non-hydrogen) atoms. The van der Waals surface area contributed by atoms with Gasteiger partial charge >= 0.3 is 0 Å². The first-order chi connectivity index (χ1) is 5.33. The van der Waals surface area contributed by atoms with Crippen LogP contribution in [-0.2, 0) is 11.2 Å². The molecule has 0 fully saturated rings. The number of hydrogen-bond donors (Lipinski definition) is 0. The second-order valence-corrected chi connectivity index (χ2v) is 2.27. The Balaban J connectivity index is 2.58. The van der Waals surface area contributed by atoms with Gasteiger partial charge in [-0.25, -0.2) is 4.39 Å².